The van der Waals surface area contributed by atoms with Crippen molar-refractivity contribution in [3.8, 4) is 0 Å². The zero-order chi connectivity index (χ0) is 14.0. The maximum atomic E-state index is 13.7. The van der Waals surface area contributed by atoms with Crippen molar-refractivity contribution in [1.29, 1.82) is 0 Å². The summed E-state index contributed by atoms with van der Waals surface area (Å²) in [7, 11) is 0. The third kappa shape index (κ3) is 2.42. The molecule has 0 aliphatic rings. The molecule has 0 atom stereocenters. The molecule has 2 nitrogen and oxygen atoms in total. The molecular formula is C16H21FN2. The van der Waals surface area contributed by atoms with Crippen molar-refractivity contribution in [3.63, 3.8) is 0 Å². The van der Waals surface area contributed by atoms with Gasteiger partial charge in [-0.2, -0.15) is 0 Å². The average molecular weight is 260 g/mol. The van der Waals surface area contributed by atoms with Gasteiger partial charge in [-0.3, -0.25) is 4.98 Å². The van der Waals surface area contributed by atoms with E-state index in [0.717, 1.165) is 41.7 Å². The normalized spacial score (nSPS) is 11.0. The summed E-state index contributed by atoms with van der Waals surface area (Å²) in [5, 5.41) is 4.50. The summed E-state index contributed by atoms with van der Waals surface area (Å²) in [5.74, 6) is -0.190. The van der Waals surface area contributed by atoms with Crippen molar-refractivity contribution in [2.75, 3.05) is 11.9 Å². The lowest BCUT2D eigenvalue weighted by molar-refractivity contribution is 0.620. The fraction of sp³-hybridized carbons (Fsp3) is 0.438. The van der Waals surface area contributed by atoms with Crippen molar-refractivity contribution in [2.45, 2.75) is 40.5 Å². The molecule has 2 rings (SSSR count). The Morgan fingerprint density at radius 1 is 1.21 bits per heavy atom. The number of halogens is 1. The maximum Gasteiger partial charge on any atom is 0.128 e. The highest BCUT2D eigenvalue weighted by atomic mass is 19.1. The first-order valence-corrected chi connectivity index (χ1v) is 6.92. The minimum absolute atomic E-state index is 0.190. The van der Waals surface area contributed by atoms with Gasteiger partial charge in [-0.05, 0) is 44.4 Å². The van der Waals surface area contributed by atoms with E-state index < -0.39 is 0 Å². The van der Waals surface area contributed by atoms with Gasteiger partial charge < -0.3 is 5.32 Å². The number of rotatable bonds is 4. The van der Waals surface area contributed by atoms with Gasteiger partial charge in [0.05, 0.1) is 5.52 Å². The average Bonchev–Trinajstić information content (AvgIpc) is 2.40. The Bertz CT molecular complexity index is 605. The number of hydrogen-bond acceptors (Lipinski definition) is 2. The molecule has 0 saturated carbocycles. The first kappa shape index (κ1) is 13.8. The van der Waals surface area contributed by atoms with E-state index in [-0.39, 0.29) is 5.82 Å². The SMILES string of the molecule is CCCNc1c(CC)c(C)nc2c(C)c(F)ccc12. The fourth-order valence-electron chi connectivity index (χ4n) is 2.48. The van der Waals surface area contributed by atoms with Gasteiger partial charge in [-0.25, -0.2) is 4.39 Å². The number of aryl methyl sites for hydroxylation is 2. The van der Waals surface area contributed by atoms with E-state index in [0.29, 0.717) is 5.56 Å². The van der Waals surface area contributed by atoms with Crippen LogP contribution in [0.15, 0.2) is 12.1 Å². The number of benzene rings is 1. The summed E-state index contributed by atoms with van der Waals surface area (Å²) in [6, 6.07) is 3.37. The molecule has 0 aliphatic heterocycles. The van der Waals surface area contributed by atoms with Gasteiger partial charge >= 0.3 is 0 Å². The van der Waals surface area contributed by atoms with Crippen molar-refractivity contribution in [2.24, 2.45) is 0 Å². The minimum atomic E-state index is -0.190. The summed E-state index contributed by atoms with van der Waals surface area (Å²) in [5.41, 5.74) is 4.74. The molecule has 19 heavy (non-hydrogen) atoms. The van der Waals surface area contributed by atoms with E-state index in [4.69, 9.17) is 0 Å². The molecule has 0 amide bonds. The second kappa shape index (κ2) is 5.55. The molecule has 1 N–H and O–H groups in total. The molecule has 1 aromatic carbocycles. The van der Waals surface area contributed by atoms with E-state index >= 15 is 0 Å². The number of pyridine rings is 1. The van der Waals surface area contributed by atoms with Crippen molar-refractivity contribution < 1.29 is 4.39 Å². The van der Waals surface area contributed by atoms with Gasteiger partial charge in [-0.1, -0.05) is 13.8 Å². The summed E-state index contributed by atoms with van der Waals surface area (Å²) >= 11 is 0. The molecular weight excluding hydrogens is 239 g/mol. The summed E-state index contributed by atoms with van der Waals surface area (Å²) < 4.78 is 13.7. The Morgan fingerprint density at radius 3 is 2.58 bits per heavy atom. The highest BCUT2D eigenvalue weighted by molar-refractivity contribution is 5.95. The first-order chi connectivity index (χ1) is 9.10. The summed E-state index contributed by atoms with van der Waals surface area (Å²) in [4.78, 5) is 4.60. The Kier molecular flexibility index (Phi) is 4.03. The number of nitrogens with one attached hydrogen (secondary N) is 1. The van der Waals surface area contributed by atoms with Gasteiger partial charge in [0.25, 0.3) is 0 Å². The monoisotopic (exact) mass is 260 g/mol. The number of nitrogens with zero attached hydrogens (tertiary/aromatic N) is 1. The molecule has 2 aromatic rings. The molecule has 0 bridgehead atoms. The molecule has 0 unspecified atom stereocenters. The van der Waals surface area contributed by atoms with Gasteiger partial charge in [0.2, 0.25) is 0 Å². The van der Waals surface area contributed by atoms with Gasteiger partial charge in [0.1, 0.15) is 5.82 Å². The fourth-order valence-corrected chi connectivity index (χ4v) is 2.48. The number of hydrogen-bond donors (Lipinski definition) is 1. The summed E-state index contributed by atoms with van der Waals surface area (Å²) in [6.07, 6.45) is 1.99. The molecule has 0 saturated heterocycles. The second-order valence-corrected chi connectivity index (χ2v) is 4.90. The second-order valence-electron chi connectivity index (χ2n) is 4.90. The van der Waals surface area contributed by atoms with E-state index in [1.54, 1.807) is 6.92 Å². The van der Waals surface area contributed by atoms with Gasteiger partial charge in [0.15, 0.2) is 0 Å². The van der Waals surface area contributed by atoms with Crippen LogP contribution < -0.4 is 5.32 Å². The van der Waals surface area contributed by atoms with Crippen LogP contribution in [0.5, 0.6) is 0 Å². The number of anilines is 1. The Hall–Kier alpha value is -1.64. The zero-order valence-corrected chi connectivity index (χ0v) is 12.1. The molecule has 1 aromatic heterocycles. The van der Waals surface area contributed by atoms with Gasteiger partial charge in [-0.15, -0.1) is 0 Å². The van der Waals surface area contributed by atoms with E-state index in [1.165, 1.54) is 11.6 Å². The predicted octanol–water partition coefficient (Wildman–Crippen LogP) is 4.38. The number of aromatic nitrogens is 1. The molecule has 0 spiro atoms. The van der Waals surface area contributed by atoms with Crippen LogP contribution in [0.3, 0.4) is 0 Å². The standard InChI is InChI=1S/C16H21FN2/c1-5-9-18-16-12(6-2)11(4)19-15-10(3)14(17)8-7-13(15)16/h7-8H,5-6,9H2,1-4H3,(H,18,19). The quantitative estimate of drug-likeness (QED) is 0.882. The zero-order valence-electron chi connectivity index (χ0n) is 12.1. The van der Waals surface area contributed by atoms with Crippen LogP contribution >= 0.6 is 0 Å². The minimum Gasteiger partial charge on any atom is -0.384 e. The van der Waals surface area contributed by atoms with Crippen LogP contribution in [0.1, 0.15) is 37.1 Å². The topological polar surface area (TPSA) is 24.9 Å². The largest absolute Gasteiger partial charge is 0.384 e. The highest BCUT2D eigenvalue weighted by Crippen LogP contribution is 2.31. The van der Waals surface area contributed by atoms with Crippen molar-refractivity contribution in [1.82, 2.24) is 4.98 Å². The van der Waals surface area contributed by atoms with Crippen LogP contribution in [0.4, 0.5) is 10.1 Å². The lowest BCUT2D eigenvalue weighted by Crippen LogP contribution is -2.07. The summed E-state index contributed by atoms with van der Waals surface area (Å²) in [6.45, 7) is 8.98. The maximum absolute atomic E-state index is 13.7. The molecule has 0 radical (unpaired) electrons. The molecule has 0 fully saturated rings. The molecule has 0 aliphatic carbocycles. The number of fused-ring (bicyclic) bond motifs is 1. The van der Waals surface area contributed by atoms with Crippen molar-refractivity contribution >= 4 is 16.6 Å². The lowest BCUT2D eigenvalue weighted by atomic mass is 10.0. The van der Waals surface area contributed by atoms with Gasteiger partial charge in [0, 0.05) is 28.9 Å². The van der Waals surface area contributed by atoms with Crippen LogP contribution in [-0.2, 0) is 6.42 Å². The van der Waals surface area contributed by atoms with Crippen LogP contribution in [0, 0.1) is 19.7 Å². The first-order valence-electron chi connectivity index (χ1n) is 6.92. The Labute approximate surface area is 114 Å². The predicted molar refractivity (Wildman–Crippen MR) is 79.3 cm³/mol. The van der Waals surface area contributed by atoms with Crippen molar-refractivity contribution in [3.05, 3.63) is 34.8 Å². The third-order valence-corrected chi connectivity index (χ3v) is 3.56. The lowest BCUT2D eigenvalue weighted by Gasteiger charge is -2.17. The van der Waals surface area contributed by atoms with E-state index in [1.807, 2.05) is 13.0 Å². The molecule has 3 heteroatoms. The van der Waals surface area contributed by atoms with E-state index in [2.05, 4.69) is 24.1 Å². The van der Waals surface area contributed by atoms with Crippen LogP contribution in [0.25, 0.3) is 10.9 Å². The van der Waals surface area contributed by atoms with E-state index in [9.17, 15) is 4.39 Å². The Morgan fingerprint density at radius 2 is 1.95 bits per heavy atom. The third-order valence-electron chi connectivity index (χ3n) is 3.56. The smallest absolute Gasteiger partial charge is 0.128 e. The van der Waals surface area contributed by atoms with Crippen LogP contribution in [0.2, 0.25) is 0 Å². The highest BCUT2D eigenvalue weighted by Gasteiger charge is 2.14. The molecule has 1 heterocycles. The van der Waals surface area contributed by atoms with Crippen LogP contribution in [-0.4, -0.2) is 11.5 Å². The Balaban J connectivity index is 2.75. The molecule has 102 valence electrons.